The summed E-state index contributed by atoms with van der Waals surface area (Å²) in [6.07, 6.45) is -4.21. The summed E-state index contributed by atoms with van der Waals surface area (Å²) in [5.74, 6) is -0.496. The summed E-state index contributed by atoms with van der Waals surface area (Å²) in [5, 5.41) is 2.00. The maximum absolute atomic E-state index is 12.1. The number of hydrogen-bond donors (Lipinski definition) is 0. The van der Waals surface area contributed by atoms with Gasteiger partial charge < -0.3 is 9.47 Å². The van der Waals surface area contributed by atoms with E-state index in [1.807, 2.05) is 0 Å². The monoisotopic (exact) mass is 371 g/mol. The van der Waals surface area contributed by atoms with Crippen LogP contribution in [0.3, 0.4) is 0 Å². The summed E-state index contributed by atoms with van der Waals surface area (Å²) in [4.78, 5) is 27.3. The van der Waals surface area contributed by atoms with Gasteiger partial charge in [-0.25, -0.2) is 4.98 Å². The molecular weight excluding hydrogens is 359 g/mol. The van der Waals surface area contributed by atoms with Crippen molar-refractivity contribution in [3.8, 4) is 16.7 Å². The largest absolute Gasteiger partial charge is 0.573 e. The van der Waals surface area contributed by atoms with E-state index in [4.69, 9.17) is 4.74 Å². The molecule has 25 heavy (non-hydrogen) atoms. The third-order valence-corrected chi connectivity index (χ3v) is 4.26. The van der Waals surface area contributed by atoms with Crippen LogP contribution in [0.5, 0.6) is 16.7 Å². The Morgan fingerprint density at radius 1 is 1.04 bits per heavy atom. The van der Waals surface area contributed by atoms with E-state index in [0.29, 0.717) is 11.4 Å². The van der Waals surface area contributed by atoms with E-state index in [1.54, 1.807) is 5.38 Å². The van der Waals surface area contributed by atoms with Crippen molar-refractivity contribution >= 4 is 22.9 Å². The van der Waals surface area contributed by atoms with Gasteiger partial charge in [-0.2, -0.15) is 0 Å². The third kappa shape index (κ3) is 4.79. The highest BCUT2D eigenvalue weighted by Gasteiger charge is 2.31. The molecule has 1 saturated carbocycles. The van der Waals surface area contributed by atoms with Gasteiger partial charge >= 0.3 is 6.36 Å². The van der Waals surface area contributed by atoms with Crippen molar-refractivity contribution in [2.24, 2.45) is 0 Å². The minimum atomic E-state index is -4.75. The van der Waals surface area contributed by atoms with Gasteiger partial charge in [0.15, 0.2) is 0 Å². The van der Waals surface area contributed by atoms with Crippen LogP contribution in [0, 0.1) is 0 Å². The summed E-state index contributed by atoms with van der Waals surface area (Å²) < 4.78 is 45.6. The van der Waals surface area contributed by atoms with Gasteiger partial charge in [-0.1, -0.05) is 11.3 Å². The molecule has 1 aromatic carbocycles. The maximum atomic E-state index is 12.1. The molecule has 0 unspecified atom stereocenters. The number of halogens is 3. The van der Waals surface area contributed by atoms with Gasteiger partial charge in [0, 0.05) is 24.1 Å². The molecule has 1 aliphatic rings. The normalized spacial score (nSPS) is 16.1. The quantitative estimate of drug-likeness (QED) is 0.752. The SMILES string of the molecule is O=C1CC(=O)CC(c2csc(Oc3ccc(OC(F)(F)F)cc3)n2)C1. The lowest BCUT2D eigenvalue weighted by Gasteiger charge is -2.17. The molecule has 2 aromatic rings. The number of ketones is 2. The summed E-state index contributed by atoms with van der Waals surface area (Å²) in [6, 6.07) is 4.93. The van der Waals surface area contributed by atoms with E-state index in [9.17, 15) is 22.8 Å². The summed E-state index contributed by atoms with van der Waals surface area (Å²) in [6.45, 7) is 0. The number of benzene rings is 1. The smallest absolute Gasteiger partial charge is 0.431 e. The number of carbonyl (C=O) groups excluding carboxylic acids is 2. The van der Waals surface area contributed by atoms with Gasteiger partial charge in [0.05, 0.1) is 12.1 Å². The Bertz CT molecular complexity index is 769. The van der Waals surface area contributed by atoms with Gasteiger partial charge in [-0.3, -0.25) is 9.59 Å². The van der Waals surface area contributed by atoms with Gasteiger partial charge in [-0.15, -0.1) is 13.2 Å². The lowest BCUT2D eigenvalue weighted by molar-refractivity contribution is -0.274. The van der Waals surface area contributed by atoms with Crippen LogP contribution in [0.15, 0.2) is 29.6 Å². The van der Waals surface area contributed by atoms with Crippen LogP contribution in [0.1, 0.15) is 30.9 Å². The second-order valence-corrected chi connectivity index (χ2v) is 6.34. The molecule has 3 rings (SSSR count). The molecule has 0 radical (unpaired) electrons. The standard InChI is InChI=1S/C16H12F3NO4S/c17-16(18,19)24-13-3-1-12(2-4-13)23-15-20-14(8-25-15)9-5-10(21)7-11(22)6-9/h1-4,8-9H,5-7H2. The zero-order valence-corrected chi connectivity index (χ0v) is 13.5. The van der Waals surface area contributed by atoms with Gasteiger partial charge in [-0.05, 0) is 24.3 Å². The fraction of sp³-hybridized carbons (Fsp3) is 0.312. The van der Waals surface area contributed by atoms with Crippen LogP contribution in [0.2, 0.25) is 0 Å². The Balaban J connectivity index is 1.65. The molecule has 5 nitrogen and oxygen atoms in total. The van der Waals surface area contributed by atoms with Crippen molar-refractivity contribution in [3.05, 3.63) is 35.3 Å². The van der Waals surface area contributed by atoms with Gasteiger partial charge in [0.25, 0.3) is 5.19 Å². The molecule has 0 amide bonds. The number of thiazole rings is 1. The number of rotatable bonds is 4. The van der Waals surface area contributed by atoms with Crippen LogP contribution in [0.25, 0.3) is 0 Å². The predicted molar refractivity (Wildman–Crippen MR) is 81.9 cm³/mol. The molecule has 1 aliphatic carbocycles. The first kappa shape index (κ1) is 17.4. The maximum Gasteiger partial charge on any atom is 0.573 e. The van der Waals surface area contributed by atoms with Crippen molar-refractivity contribution in [1.29, 1.82) is 0 Å². The zero-order chi connectivity index (χ0) is 18.0. The summed E-state index contributed by atoms with van der Waals surface area (Å²) >= 11 is 1.19. The van der Waals surface area contributed by atoms with Crippen molar-refractivity contribution in [1.82, 2.24) is 4.98 Å². The Morgan fingerprint density at radius 2 is 1.64 bits per heavy atom. The van der Waals surface area contributed by atoms with E-state index < -0.39 is 6.36 Å². The van der Waals surface area contributed by atoms with Crippen molar-refractivity contribution in [2.75, 3.05) is 0 Å². The van der Waals surface area contributed by atoms with Crippen molar-refractivity contribution in [3.63, 3.8) is 0 Å². The first-order valence-corrected chi connectivity index (χ1v) is 8.19. The Morgan fingerprint density at radius 3 is 2.24 bits per heavy atom. The minimum Gasteiger partial charge on any atom is -0.431 e. The zero-order valence-electron chi connectivity index (χ0n) is 12.7. The first-order valence-electron chi connectivity index (χ1n) is 7.31. The lowest BCUT2D eigenvalue weighted by atomic mass is 9.86. The van der Waals surface area contributed by atoms with Crippen molar-refractivity contribution in [2.45, 2.75) is 31.5 Å². The molecule has 1 fully saturated rings. The number of alkyl halides is 3. The van der Waals surface area contributed by atoms with Gasteiger partial charge in [0.2, 0.25) is 0 Å². The molecule has 0 spiro atoms. The number of aromatic nitrogens is 1. The van der Waals surface area contributed by atoms with E-state index >= 15 is 0 Å². The van der Waals surface area contributed by atoms with Crippen LogP contribution in [-0.2, 0) is 9.59 Å². The van der Waals surface area contributed by atoms with Crippen LogP contribution < -0.4 is 9.47 Å². The molecule has 0 N–H and O–H groups in total. The van der Waals surface area contributed by atoms with Crippen LogP contribution in [0.4, 0.5) is 13.2 Å². The third-order valence-electron chi connectivity index (χ3n) is 3.52. The lowest BCUT2D eigenvalue weighted by Crippen LogP contribution is -2.21. The minimum absolute atomic E-state index is 0.0175. The molecule has 9 heteroatoms. The number of hydrogen-bond acceptors (Lipinski definition) is 6. The average molecular weight is 371 g/mol. The topological polar surface area (TPSA) is 65.5 Å². The highest BCUT2D eigenvalue weighted by atomic mass is 32.1. The molecule has 1 heterocycles. The fourth-order valence-corrected chi connectivity index (χ4v) is 3.28. The van der Waals surface area contributed by atoms with Gasteiger partial charge in [0.1, 0.15) is 23.1 Å². The molecule has 0 aliphatic heterocycles. The van der Waals surface area contributed by atoms with E-state index in [2.05, 4.69) is 9.72 Å². The number of nitrogens with zero attached hydrogens (tertiary/aromatic N) is 1. The fourth-order valence-electron chi connectivity index (χ4n) is 2.51. The second kappa shape index (κ2) is 6.83. The second-order valence-electron chi connectivity index (χ2n) is 5.52. The van der Waals surface area contributed by atoms with Crippen LogP contribution in [-0.4, -0.2) is 22.9 Å². The Hall–Kier alpha value is -2.42. The molecule has 0 atom stereocenters. The van der Waals surface area contributed by atoms with E-state index in [1.165, 1.54) is 23.5 Å². The van der Waals surface area contributed by atoms with E-state index in [0.717, 1.165) is 12.1 Å². The molecule has 0 bridgehead atoms. The highest BCUT2D eigenvalue weighted by Crippen LogP contribution is 2.34. The van der Waals surface area contributed by atoms with Crippen molar-refractivity contribution < 1.29 is 32.2 Å². The number of ether oxygens (including phenoxy) is 2. The average Bonchev–Trinajstić information content (AvgIpc) is 2.95. The molecule has 132 valence electrons. The Labute approximate surface area is 144 Å². The number of Topliss-reactive ketones (excluding diaryl/α,β-unsaturated/α-hetero) is 2. The Kier molecular flexibility index (Phi) is 4.76. The molecular formula is C16H12F3NO4S. The molecule has 1 aromatic heterocycles. The predicted octanol–water partition coefficient (Wildman–Crippen LogP) is 4.24. The summed E-state index contributed by atoms with van der Waals surface area (Å²) in [5.41, 5.74) is 0.610. The molecule has 0 saturated heterocycles. The number of carbonyl (C=O) groups is 2. The first-order chi connectivity index (χ1) is 11.8. The highest BCUT2D eigenvalue weighted by molar-refractivity contribution is 7.11. The van der Waals surface area contributed by atoms with E-state index in [-0.39, 0.29) is 47.7 Å². The summed E-state index contributed by atoms with van der Waals surface area (Å²) in [7, 11) is 0. The van der Waals surface area contributed by atoms with Crippen LogP contribution >= 0.6 is 11.3 Å².